The van der Waals surface area contributed by atoms with E-state index in [9.17, 15) is 0 Å². The molecule has 1 atom stereocenters. The van der Waals surface area contributed by atoms with Crippen LogP contribution in [0.5, 0.6) is 5.75 Å². The Balaban J connectivity index is 2.51. The molecular formula is C15H24BrNO. The van der Waals surface area contributed by atoms with Gasteiger partial charge in [-0.05, 0) is 49.6 Å². The van der Waals surface area contributed by atoms with E-state index in [0.29, 0.717) is 5.92 Å². The fourth-order valence-corrected chi connectivity index (χ4v) is 2.20. The minimum absolute atomic E-state index is 0.239. The van der Waals surface area contributed by atoms with E-state index < -0.39 is 0 Å². The van der Waals surface area contributed by atoms with Crippen molar-refractivity contribution in [2.24, 2.45) is 5.92 Å². The van der Waals surface area contributed by atoms with Crippen LogP contribution < -0.4 is 10.1 Å². The van der Waals surface area contributed by atoms with Gasteiger partial charge in [0.05, 0.1) is 0 Å². The minimum atomic E-state index is 0.239. The number of benzene rings is 1. The topological polar surface area (TPSA) is 21.3 Å². The van der Waals surface area contributed by atoms with Gasteiger partial charge in [0.15, 0.2) is 0 Å². The summed E-state index contributed by atoms with van der Waals surface area (Å²) in [5.41, 5.74) is 1.17. The molecule has 1 N–H and O–H groups in total. The van der Waals surface area contributed by atoms with Crippen LogP contribution in [0.3, 0.4) is 0 Å². The molecule has 0 spiro atoms. The van der Waals surface area contributed by atoms with Crippen molar-refractivity contribution in [3.63, 3.8) is 0 Å². The van der Waals surface area contributed by atoms with Crippen molar-refractivity contribution in [1.82, 2.24) is 5.32 Å². The molecule has 0 aromatic heterocycles. The Labute approximate surface area is 119 Å². The number of rotatable bonds is 7. The quantitative estimate of drug-likeness (QED) is 0.816. The highest BCUT2D eigenvalue weighted by Gasteiger charge is 2.10. The number of nitrogens with one attached hydrogen (secondary N) is 1. The fraction of sp³-hybridized carbons (Fsp3) is 0.600. The molecule has 1 rings (SSSR count). The fourth-order valence-electron chi connectivity index (χ4n) is 1.73. The van der Waals surface area contributed by atoms with Gasteiger partial charge in [-0.3, -0.25) is 0 Å². The maximum atomic E-state index is 6.05. The molecule has 0 bridgehead atoms. The lowest BCUT2D eigenvalue weighted by Gasteiger charge is -2.20. The van der Waals surface area contributed by atoms with Crippen LogP contribution in [0.15, 0.2) is 22.7 Å². The van der Waals surface area contributed by atoms with Crippen molar-refractivity contribution in [3.05, 3.63) is 28.2 Å². The summed E-state index contributed by atoms with van der Waals surface area (Å²) in [6.45, 7) is 10.6. The van der Waals surface area contributed by atoms with Crippen LogP contribution in [0.2, 0.25) is 0 Å². The maximum absolute atomic E-state index is 6.05. The van der Waals surface area contributed by atoms with E-state index in [1.807, 2.05) is 12.1 Å². The van der Waals surface area contributed by atoms with Gasteiger partial charge in [0.2, 0.25) is 0 Å². The maximum Gasteiger partial charge on any atom is 0.122 e. The molecular weight excluding hydrogens is 290 g/mol. The van der Waals surface area contributed by atoms with E-state index in [-0.39, 0.29) is 6.10 Å². The third kappa shape index (κ3) is 5.40. The largest absolute Gasteiger partial charge is 0.489 e. The third-order valence-electron chi connectivity index (χ3n) is 2.81. The summed E-state index contributed by atoms with van der Waals surface area (Å²) >= 11 is 3.47. The van der Waals surface area contributed by atoms with Crippen LogP contribution in [0, 0.1) is 12.8 Å². The molecule has 0 saturated carbocycles. The van der Waals surface area contributed by atoms with Gasteiger partial charge in [0.1, 0.15) is 11.9 Å². The molecule has 1 aromatic carbocycles. The van der Waals surface area contributed by atoms with Gasteiger partial charge in [-0.25, -0.2) is 0 Å². The summed E-state index contributed by atoms with van der Waals surface area (Å²) in [5, 5.41) is 3.45. The van der Waals surface area contributed by atoms with Crippen molar-refractivity contribution in [1.29, 1.82) is 0 Å². The molecule has 3 heteroatoms. The van der Waals surface area contributed by atoms with Gasteiger partial charge in [-0.15, -0.1) is 0 Å². The van der Waals surface area contributed by atoms with E-state index in [0.717, 1.165) is 29.7 Å². The Bertz CT molecular complexity index is 366. The summed E-state index contributed by atoms with van der Waals surface area (Å²) < 4.78 is 7.14. The zero-order chi connectivity index (χ0) is 13.5. The van der Waals surface area contributed by atoms with Crippen LogP contribution >= 0.6 is 15.9 Å². The van der Waals surface area contributed by atoms with E-state index in [1.165, 1.54) is 5.56 Å². The van der Waals surface area contributed by atoms with Gasteiger partial charge in [0, 0.05) is 11.0 Å². The Kier molecular flexibility index (Phi) is 6.72. The van der Waals surface area contributed by atoms with Crippen LogP contribution in [-0.2, 0) is 0 Å². The number of ether oxygens (including phenoxy) is 1. The lowest BCUT2D eigenvalue weighted by molar-refractivity contribution is 0.191. The first-order valence-electron chi connectivity index (χ1n) is 6.66. The van der Waals surface area contributed by atoms with Gasteiger partial charge in [-0.1, -0.05) is 36.7 Å². The van der Waals surface area contributed by atoms with Gasteiger partial charge < -0.3 is 10.1 Å². The highest BCUT2D eigenvalue weighted by atomic mass is 79.9. The van der Waals surface area contributed by atoms with E-state index in [1.54, 1.807) is 0 Å². The molecule has 0 heterocycles. The molecule has 0 aliphatic carbocycles. The smallest absolute Gasteiger partial charge is 0.122 e. The lowest BCUT2D eigenvalue weighted by Crippen LogP contribution is -2.33. The zero-order valence-corrected chi connectivity index (χ0v) is 13.4. The predicted octanol–water partition coefficient (Wildman–Crippen LogP) is 4.16. The summed E-state index contributed by atoms with van der Waals surface area (Å²) in [6.07, 6.45) is 1.25. The van der Waals surface area contributed by atoms with Crippen molar-refractivity contribution < 1.29 is 4.74 Å². The molecule has 0 amide bonds. The van der Waals surface area contributed by atoms with E-state index in [2.05, 4.69) is 55.0 Å². The molecule has 0 aliphatic heterocycles. The SMILES string of the molecule is CCC(CNCC(C)C)Oc1ccc(Br)cc1C. The minimum Gasteiger partial charge on any atom is -0.489 e. The van der Waals surface area contributed by atoms with E-state index >= 15 is 0 Å². The van der Waals surface area contributed by atoms with Gasteiger partial charge >= 0.3 is 0 Å². The Hall–Kier alpha value is -0.540. The van der Waals surface area contributed by atoms with Crippen LogP contribution in [0.25, 0.3) is 0 Å². The third-order valence-corrected chi connectivity index (χ3v) is 3.30. The molecule has 2 nitrogen and oxygen atoms in total. The Morgan fingerprint density at radius 1 is 1.28 bits per heavy atom. The average molecular weight is 314 g/mol. The zero-order valence-electron chi connectivity index (χ0n) is 11.8. The Morgan fingerprint density at radius 2 is 2.00 bits per heavy atom. The number of aryl methyl sites for hydroxylation is 1. The molecule has 0 radical (unpaired) electrons. The normalized spacial score (nSPS) is 12.8. The highest BCUT2D eigenvalue weighted by molar-refractivity contribution is 9.10. The molecule has 18 heavy (non-hydrogen) atoms. The standard InChI is InChI=1S/C15H24BrNO/c1-5-14(10-17-9-11(2)3)18-15-7-6-13(16)8-12(15)4/h6-8,11,14,17H,5,9-10H2,1-4H3. The second kappa shape index (κ2) is 7.80. The summed E-state index contributed by atoms with van der Waals surface area (Å²) in [6, 6.07) is 6.14. The number of hydrogen-bond donors (Lipinski definition) is 1. The lowest BCUT2D eigenvalue weighted by atomic mass is 10.2. The Morgan fingerprint density at radius 3 is 2.56 bits per heavy atom. The average Bonchev–Trinajstić information content (AvgIpc) is 2.30. The van der Waals surface area contributed by atoms with Crippen LogP contribution in [-0.4, -0.2) is 19.2 Å². The van der Waals surface area contributed by atoms with Crippen molar-refractivity contribution in [2.75, 3.05) is 13.1 Å². The molecule has 102 valence electrons. The van der Waals surface area contributed by atoms with Crippen molar-refractivity contribution >= 4 is 15.9 Å². The molecule has 0 fully saturated rings. The van der Waals surface area contributed by atoms with Gasteiger partial charge in [-0.2, -0.15) is 0 Å². The summed E-state index contributed by atoms with van der Waals surface area (Å²) in [7, 11) is 0. The first kappa shape index (κ1) is 15.5. The first-order valence-corrected chi connectivity index (χ1v) is 7.45. The summed E-state index contributed by atoms with van der Waals surface area (Å²) in [5.74, 6) is 1.66. The van der Waals surface area contributed by atoms with Crippen molar-refractivity contribution in [2.45, 2.75) is 40.2 Å². The first-order chi connectivity index (χ1) is 8.52. The van der Waals surface area contributed by atoms with Crippen molar-refractivity contribution in [3.8, 4) is 5.75 Å². The second-order valence-corrected chi connectivity index (χ2v) is 6.03. The van der Waals surface area contributed by atoms with Gasteiger partial charge in [0.25, 0.3) is 0 Å². The van der Waals surface area contributed by atoms with Crippen LogP contribution in [0.1, 0.15) is 32.8 Å². The highest BCUT2D eigenvalue weighted by Crippen LogP contribution is 2.23. The predicted molar refractivity (Wildman–Crippen MR) is 81.3 cm³/mol. The number of halogens is 1. The molecule has 1 unspecified atom stereocenters. The summed E-state index contributed by atoms with van der Waals surface area (Å²) in [4.78, 5) is 0. The monoisotopic (exact) mass is 313 g/mol. The van der Waals surface area contributed by atoms with Crippen LogP contribution in [0.4, 0.5) is 0 Å². The van der Waals surface area contributed by atoms with E-state index in [4.69, 9.17) is 4.74 Å². The second-order valence-electron chi connectivity index (χ2n) is 5.11. The molecule has 0 saturated heterocycles. The number of hydrogen-bond acceptors (Lipinski definition) is 2. The molecule has 1 aromatic rings. The molecule has 0 aliphatic rings.